The number of benzene rings is 1. The molecule has 0 fully saturated rings. The van der Waals surface area contributed by atoms with Crippen LogP contribution in [-0.2, 0) is 13.5 Å². The Hall–Kier alpha value is -1.33. The molecule has 0 aliphatic heterocycles. The van der Waals surface area contributed by atoms with E-state index in [9.17, 15) is 0 Å². The van der Waals surface area contributed by atoms with Crippen LogP contribution in [0.15, 0.2) is 41.0 Å². The highest BCUT2D eigenvalue weighted by molar-refractivity contribution is 9.10. The third-order valence-electron chi connectivity index (χ3n) is 2.67. The zero-order chi connectivity index (χ0) is 13.5. The Morgan fingerprint density at radius 2 is 2.21 bits per heavy atom. The Labute approximate surface area is 121 Å². The molecule has 1 N–H and O–H groups in total. The average Bonchev–Trinajstić information content (AvgIpc) is 2.79. The van der Waals surface area contributed by atoms with Crippen molar-refractivity contribution < 1.29 is 4.74 Å². The summed E-state index contributed by atoms with van der Waals surface area (Å²) < 4.78 is 8.49. The summed E-state index contributed by atoms with van der Waals surface area (Å²) in [6, 6.07) is 9.91. The number of rotatable bonds is 7. The number of aromatic nitrogens is 2. The molecule has 0 spiro atoms. The van der Waals surface area contributed by atoms with Gasteiger partial charge in [-0.25, -0.2) is 0 Å². The lowest BCUT2D eigenvalue weighted by Crippen LogP contribution is -2.23. The molecule has 19 heavy (non-hydrogen) atoms. The Bertz CT molecular complexity index is 513. The number of hydrogen-bond acceptors (Lipinski definition) is 3. The van der Waals surface area contributed by atoms with E-state index >= 15 is 0 Å². The third kappa shape index (κ3) is 5.04. The van der Waals surface area contributed by atoms with E-state index in [0.717, 1.165) is 35.4 Å². The minimum Gasteiger partial charge on any atom is -0.492 e. The van der Waals surface area contributed by atoms with Gasteiger partial charge in [0.25, 0.3) is 0 Å². The van der Waals surface area contributed by atoms with Gasteiger partial charge in [0.05, 0.1) is 5.69 Å². The van der Waals surface area contributed by atoms with Crippen molar-refractivity contribution in [3.8, 4) is 5.75 Å². The zero-order valence-electron chi connectivity index (χ0n) is 11.0. The predicted octanol–water partition coefficient (Wildman–Crippen LogP) is 2.39. The second kappa shape index (κ2) is 7.31. The minimum atomic E-state index is 0.665. The zero-order valence-corrected chi connectivity index (χ0v) is 12.6. The lowest BCUT2D eigenvalue weighted by molar-refractivity contribution is 0.314. The highest BCUT2D eigenvalue weighted by Gasteiger charge is 1.97. The summed E-state index contributed by atoms with van der Waals surface area (Å²) in [4.78, 5) is 0. The van der Waals surface area contributed by atoms with Gasteiger partial charge in [0, 0.05) is 37.2 Å². The lowest BCUT2D eigenvalue weighted by atomic mass is 10.3. The molecule has 0 saturated carbocycles. The molecule has 0 bridgehead atoms. The maximum atomic E-state index is 5.63. The van der Waals surface area contributed by atoms with E-state index in [0.29, 0.717) is 6.61 Å². The van der Waals surface area contributed by atoms with Gasteiger partial charge < -0.3 is 10.1 Å². The molecule has 5 heteroatoms. The Kier molecular flexibility index (Phi) is 5.42. The Balaban J connectivity index is 1.57. The van der Waals surface area contributed by atoms with Crippen LogP contribution < -0.4 is 10.1 Å². The molecule has 0 aliphatic carbocycles. The molecule has 2 rings (SSSR count). The smallest absolute Gasteiger partial charge is 0.120 e. The molecule has 0 aliphatic rings. The number of hydrogen-bond donors (Lipinski definition) is 1. The van der Waals surface area contributed by atoms with Crippen molar-refractivity contribution in [1.82, 2.24) is 15.1 Å². The van der Waals surface area contributed by atoms with Crippen molar-refractivity contribution in [2.45, 2.75) is 6.42 Å². The predicted molar refractivity (Wildman–Crippen MR) is 79.4 cm³/mol. The second-order valence-electron chi connectivity index (χ2n) is 4.29. The molecule has 1 heterocycles. The Morgan fingerprint density at radius 3 is 2.95 bits per heavy atom. The average molecular weight is 324 g/mol. The summed E-state index contributed by atoms with van der Waals surface area (Å²) in [5.41, 5.74) is 1.11. The van der Waals surface area contributed by atoms with Crippen LogP contribution in [0.25, 0.3) is 0 Å². The maximum absolute atomic E-state index is 5.63. The molecule has 0 amide bonds. The fourth-order valence-corrected chi connectivity index (χ4v) is 2.11. The summed E-state index contributed by atoms with van der Waals surface area (Å²) in [5, 5.41) is 7.67. The third-order valence-corrected chi connectivity index (χ3v) is 3.16. The monoisotopic (exact) mass is 323 g/mol. The molecule has 4 nitrogen and oxygen atoms in total. The van der Waals surface area contributed by atoms with Crippen LogP contribution >= 0.6 is 15.9 Å². The number of halogens is 1. The summed E-state index contributed by atoms with van der Waals surface area (Å²) in [6.45, 7) is 2.41. The standard InChI is InChI=1S/C14H18BrN3O/c1-18-9-6-13(17-18)5-7-16-8-10-19-14-4-2-3-12(15)11-14/h2-4,6,9,11,16H,5,7-8,10H2,1H3. The first-order valence-electron chi connectivity index (χ1n) is 6.31. The Morgan fingerprint density at radius 1 is 1.32 bits per heavy atom. The van der Waals surface area contributed by atoms with Gasteiger partial charge in [0.2, 0.25) is 0 Å². The van der Waals surface area contributed by atoms with Gasteiger partial charge >= 0.3 is 0 Å². The van der Waals surface area contributed by atoms with Crippen LogP contribution in [0.3, 0.4) is 0 Å². The van der Waals surface area contributed by atoms with Crippen molar-refractivity contribution in [3.05, 3.63) is 46.7 Å². The van der Waals surface area contributed by atoms with E-state index in [-0.39, 0.29) is 0 Å². The molecular formula is C14H18BrN3O. The topological polar surface area (TPSA) is 39.1 Å². The van der Waals surface area contributed by atoms with Crippen LogP contribution in [0.1, 0.15) is 5.69 Å². The van der Waals surface area contributed by atoms with Gasteiger partial charge in [-0.3, -0.25) is 4.68 Å². The van der Waals surface area contributed by atoms with Crippen molar-refractivity contribution in [3.63, 3.8) is 0 Å². The van der Waals surface area contributed by atoms with Crippen molar-refractivity contribution in [2.24, 2.45) is 7.05 Å². The quantitative estimate of drug-likeness (QED) is 0.795. The fourth-order valence-electron chi connectivity index (χ4n) is 1.74. The van der Waals surface area contributed by atoms with Gasteiger partial charge in [-0.1, -0.05) is 22.0 Å². The van der Waals surface area contributed by atoms with Crippen LogP contribution in [-0.4, -0.2) is 29.5 Å². The first kappa shape index (κ1) is 14.1. The summed E-state index contributed by atoms with van der Waals surface area (Å²) >= 11 is 3.42. The van der Waals surface area contributed by atoms with Crippen molar-refractivity contribution >= 4 is 15.9 Å². The fraction of sp³-hybridized carbons (Fsp3) is 0.357. The first-order chi connectivity index (χ1) is 9.24. The van der Waals surface area contributed by atoms with Crippen LogP contribution in [0.2, 0.25) is 0 Å². The molecule has 102 valence electrons. The van der Waals surface area contributed by atoms with Crippen LogP contribution in [0.4, 0.5) is 0 Å². The molecule has 0 unspecified atom stereocenters. The minimum absolute atomic E-state index is 0.665. The normalized spacial score (nSPS) is 10.6. The van der Waals surface area contributed by atoms with E-state index in [1.807, 2.05) is 48.3 Å². The van der Waals surface area contributed by atoms with Crippen LogP contribution in [0, 0.1) is 0 Å². The van der Waals surface area contributed by atoms with E-state index in [2.05, 4.69) is 26.3 Å². The summed E-state index contributed by atoms with van der Waals surface area (Å²) in [6.07, 6.45) is 2.91. The van der Waals surface area contributed by atoms with E-state index in [4.69, 9.17) is 4.74 Å². The maximum Gasteiger partial charge on any atom is 0.120 e. The summed E-state index contributed by atoms with van der Waals surface area (Å²) in [7, 11) is 1.93. The highest BCUT2D eigenvalue weighted by Crippen LogP contribution is 2.17. The van der Waals surface area contributed by atoms with Gasteiger partial charge in [-0.15, -0.1) is 0 Å². The molecule has 1 aromatic carbocycles. The van der Waals surface area contributed by atoms with E-state index < -0.39 is 0 Å². The molecule has 0 atom stereocenters. The van der Waals surface area contributed by atoms with Crippen molar-refractivity contribution in [1.29, 1.82) is 0 Å². The van der Waals surface area contributed by atoms with Crippen LogP contribution in [0.5, 0.6) is 5.75 Å². The van der Waals surface area contributed by atoms with E-state index in [1.165, 1.54) is 0 Å². The highest BCUT2D eigenvalue weighted by atomic mass is 79.9. The lowest BCUT2D eigenvalue weighted by Gasteiger charge is -2.07. The first-order valence-corrected chi connectivity index (χ1v) is 7.11. The molecule has 2 aromatic rings. The number of aryl methyl sites for hydroxylation is 1. The number of nitrogens with one attached hydrogen (secondary N) is 1. The van der Waals surface area contributed by atoms with Gasteiger partial charge in [-0.2, -0.15) is 5.10 Å². The molecule has 1 aromatic heterocycles. The summed E-state index contributed by atoms with van der Waals surface area (Å²) in [5.74, 6) is 0.890. The molecule has 0 radical (unpaired) electrons. The molecule has 0 saturated heterocycles. The number of ether oxygens (including phenoxy) is 1. The van der Waals surface area contributed by atoms with E-state index in [1.54, 1.807) is 0 Å². The largest absolute Gasteiger partial charge is 0.492 e. The second-order valence-corrected chi connectivity index (χ2v) is 5.20. The van der Waals surface area contributed by atoms with Gasteiger partial charge in [0.1, 0.15) is 12.4 Å². The van der Waals surface area contributed by atoms with Gasteiger partial charge in [-0.05, 0) is 24.3 Å². The SMILES string of the molecule is Cn1ccc(CCNCCOc2cccc(Br)c2)n1. The molecular weight excluding hydrogens is 306 g/mol. The van der Waals surface area contributed by atoms with Crippen molar-refractivity contribution in [2.75, 3.05) is 19.7 Å². The number of nitrogens with zero attached hydrogens (tertiary/aromatic N) is 2. The van der Waals surface area contributed by atoms with Gasteiger partial charge in [0.15, 0.2) is 0 Å².